The van der Waals surface area contributed by atoms with Crippen LogP contribution >= 0.6 is 0 Å². The van der Waals surface area contributed by atoms with Gasteiger partial charge in [-0.2, -0.15) is 0 Å². The van der Waals surface area contributed by atoms with Crippen LogP contribution in [0.15, 0.2) is 54.6 Å². The van der Waals surface area contributed by atoms with Gasteiger partial charge in [0, 0.05) is 12.6 Å². The van der Waals surface area contributed by atoms with Crippen molar-refractivity contribution in [3.8, 4) is 0 Å². The molecule has 0 saturated heterocycles. The van der Waals surface area contributed by atoms with E-state index >= 15 is 0 Å². The minimum atomic E-state index is -0.496. The van der Waals surface area contributed by atoms with Crippen molar-refractivity contribution in [3.63, 3.8) is 0 Å². The van der Waals surface area contributed by atoms with Crippen LogP contribution in [0.2, 0.25) is 0 Å². The number of ether oxygens (including phenoxy) is 1. The minimum absolute atomic E-state index is 0.133. The van der Waals surface area contributed by atoms with Gasteiger partial charge in [-0.1, -0.05) is 60.2 Å². The number of esters is 1. The lowest BCUT2D eigenvalue weighted by molar-refractivity contribution is -0.155. The molecule has 30 heavy (non-hydrogen) atoms. The number of nitrogens with one attached hydrogen (secondary N) is 1. The Bertz CT molecular complexity index is 1020. The highest BCUT2D eigenvalue weighted by Gasteiger charge is 2.23. The maximum absolute atomic E-state index is 12.7. The number of hydrogen-bond donors (Lipinski definition) is 1. The third kappa shape index (κ3) is 5.48. The fourth-order valence-corrected chi connectivity index (χ4v) is 4.11. The Morgan fingerprint density at radius 2 is 1.60 bits per heavy atom. The van der Waals surface area contributed by atoms with Crippen molar-refractivity contribution < 1.29 is 9.53 Å². The Labute approximate surface area is 180 Å². The van der Waals surface area contributed by atoms with Gasteiger partial charge in [0.2, 0.25) is 0 Å². The van der Waals surface area contributed by atoms with Gasteiger partial charge in [-0.25, -0.2) is 0 Å². The second kappa shape index (κ2) is 9.01. The molecule has 1 atom stereocenters. The molecule has 0 aliphatic carbocycles. The summed E-state index contributed by atoms with van der Waals surface area (Å²) in [6.07, 6.45) is 0.287. The summed E-state index contributed by atoms with van der Waals surface area (Å²) in [4.78, 5) is 12.7. The van der Waals surface area contributed by atoms with Gasteiger partial charge < -0.3 is 10.1 Å². The Hall–Kier alpha value is -2.65. The molecule has 158 valence electrons. The summed E-state index contributed by atoms with van der Waals surface area (Å²) in [7, 11) is 0. The van der Waals surface area contributed by atoms with Crippen LogP contribution in [0.25, 0.3) is 10.8 Å². The molecule has 0 unspecified atom stereocenters. The van der Waals surface area contributed by atoms with Gasteiger partial charge in [-0.3, -0.25) is 4.79 Å². The highest BCUT2D eigenvalue weighted by molar-refractivity contribution is 5.86. The first-order valence-electron chi connectivity index (χ1n) is 10.6. The molecule has 0 radical (unpaired) electrons. The van der Waals surface area contributed by atoms with Crippen molar-refractivity contribution >= 4 is 16.7 Å². The van der Waals surface area contributed by atoms with E-state index < -0.39 is 5.60 Å². The van der Waals surface area contributed by atoms with Crippen LogP contribution < -0.4 is 5.32 Å². The highest BCUT2D eigenvalue weighted by atomic mass is 16.6. The largest absolute Gasteiger partial charge is 0.460 e. The maximum atomic E-state index is 12.7. The first-order valence-corrected chi connectivity index (χ1v) is 10.6. The lowest BCUT2D eigenvalue weighted by atomic mass is 9.95. The van der Waals surface area contributed by atoms with Gasteiger partial charge in [-0.05, 0) is 74.6 Å². The van der Waals surface area contributed by atoms with E-state index in [4.69, 9.17) is 4.74 Å². The molecule has 0 saturated carbocycles. The summed E-state index contributed by atoms with van der Waals surface area (Å²) in [5.41, 5.74) is 5.73. The molecule has 0 bridgehead atoms. The zero-order valence-corrected chi connectivity index (χ0v) is 19.0. The lowest BCUT2D eigenvalue weighted by Crippen LogP contribution is -2.29. The number of carbonyl (C=O) groups excluding carboxylic acids is 1. The quantitative estimate of drug-likeness (QED) is 0.489. The van der Waals surface area contributed by atoms with Crippen molar-refractivity contribution in [2.75, 3.05) is 0 Å². The number of rotatable bonds is 6. The minimum Gasteiger partial charge on any atom is -0.460 e. The van der Waals surface area contributed by atoms with Gasteiger partial charge in [-0.15, -0.1) is 0 Å². The molecular weight excluding hydrogens is 370 g/mol. The van der Waals surface area contributed by atoms with Crippen LogP contribution in [0, 0.1) is 20.8 Å². The van der Waals surface area contributed by atoms with Crippen LogP contribution in [0.5, 0.6) is 0 Å². The van der Waals surface area contributed by atoms with E-state index in [-0.39, 0.29) is 18.4 Å². The van der Waals surface area contributed by atoms with Crippen molar-refractivity contribution in [2.45, 2.75) is 66.2 Å². The average Bonchev–Trinajstić information content (AvgIpc) is 2.64. The molecule has 3 aromatic rings. The fourth-order valence-electron chi connectivity index (χ4n) is 4.11. The third-order valence-corrected chi connectivity index (χ3v) is 5.36. The fraction of sp³-hybridized carbons (Fsp3) is 0.370. The molecule has 1 N–H and O–H groups in total. The van der Waals surface area contributed by atoms with Gasteiger partial charge in [0.25, 0.3) is 0 Å². The molecular formula is C27H33NO2. The SMILES string of the molecule is Cc1cc(C)c(CN[C@H](CC(=O)OC(C)(C)C)c2cccc3ccccc23)c(C)c1. The molecule has 0 amide bonds. The summed E-state index contributed by atoms with van der Waals surface area (Å²) in [6, 6.07) is 18.9. The topological polar surface area (TPSA) is 38.3 Å². The second-order valence-electron chi connectivity index (χ2n) is 9.17. The van der Waals surface area contributed by atoms with E-state index in [1.807, 2.05) is 32.9 Å². The Morgan fingerprint density at radius 1 is 0.967 bits per heavy atom. The van der Waals surface area contributed by atoms with Crippen LogP contribution in [0.3, 0.4) is 0 Å². The zero-order chi connectivity index (χ0) is 21.9. The van der Waals surface area contributed by atoms with Crippen LogP contribution in [-0.2, 0) is 16.1 Å². The zero-order valence-electron chi connectivity index (χ0n) is 19.0. The normalized spacial score (nSPS) is 12.7. The summed E-state index contributed by atoms with van der Waals surface area (Å²) >= 11 is 0. The van der Waals surface area contributed by atoms with Crippen molar-refractivity contribution in [2.24, 2.45) is 0 Å². The summed E-state index contributed by atoms with van der Waals surface area (Å²) < 4.78 is 5.64. The van der Waals surface area contributed by atoms with E-state index in [9.17, 15) is 4.79 Å². The molecule has 0 aromatic heterocycles. The third-order valence-electron chi connectivity index (χ3n) is 5.36. The van der Waals surface area contributed by atoms with Gasteiger partial charge in [0.15, 0.2) is 0 Å². The molecule has 3 nitrogen and oxygen atoms in total. The number of benzene rings is 3. The summed E-state index contributed by atoms with van der Waals surface area (Å²) in [5.74, 6) is -0.190. The first-order chi connectivity index (χ1) is 14.1. The molecule has 3 aromatic carbocycles. The Morgan fingerprint density at radius 3 is 2.27 bits per heavy atom. The number of fused-ring (bicyclic) bond motifs is 1. The number of carbonyl (C=O) groups is 1. The van der Waals surface area contributed by atoms with Crippen LogP contribution in [0.1, 0.15) is 61.1 Å². The summed E-state index contributed by atoms with van der Waals surface area (Å²) in [6.45, 7) is 12.8. The van der Waals surface area contributed by atoms with Crippen molar-refractivity contribution in [3.05, 3.63) is 82.4 Å². The highest BCUT2D eigenvalue weighted by Crippen LogP contribution is 2.28. The molecule has 0 heterocycles. The van der Waals surface area contributed by atoms with Crippen molar-refractivity contribution in [1.29, 1.82) is 0 Å². The van der Waals surface area contributed by atoms with Crippen LogP contribution in [0.4, 0.5) is 0 Å². The van der Waals surface area contributed by atoms with Crippen LogP contribution in [-0.4, -0.2) is 11.6 Å². The molecule has 0 fully saturated rings. The second-order valence-corrected chi connectivity index (χ2v) is 9.17. The van der Waals surface area contributed by atoms with Gasteiger partial charge in [0.05, 0.1) is 6.42 Å². The monoisotopic (exact) mass is 403 g/mol. The molecule has 0 aliphatic rings. The van der Waals surface area contributed by atoms with Gasteiger partial charge in [0.1, 0.15) is 5.60 Å². The smallest absolute Gasteiger partial charge is 0.308 e. The van der Waals surface area contributed by atoms with E-state index in [1.54, 1.807) is 0 Å². The van der Waals surface area contributed by atoms with E-state index in [1.165, 1.54) is 33.0 Å². The number of aryl methyl sites for hydroxylation is 3. The predicted molar refractivity (Wildman–Crippen MR) is 125 cm³/mol. The van der Waals surface area contributed by atoms with Crippen molar-refractivity contribution in [1.82, 2.24) is 5.32 Å². The lowest BCUT2D eigenvalue weighted by Gasteiger charge is -2.25. The molecule has 3 heteroatoms. The van der Waals surface area contributed by atoms with E-state index in [2.05, 4.69) is 68.6 Å². The maximum Gasteiger partial charge on any atom is 0.308 e. The Balaban J connectivity index is 1.93. The molecule has 0 aliphatic heterocycles. The Kier molecular flexibility index (Phi) is 6.62. The first kappa shape index (κ1) is 22.0. The average molecular weight is 404 g/mol. The van der Waals surface area contributed by atoms with E-state index in [0.717, 1.165) is 5.56 Å². The predicted octanol–water partition coefficient (Wildman–Crippen LogP) is 6.33. The van der Waals surface area contributed by atoms with Gasteiger partial charge >= 0.3 is 5.97 Å². The number of hydrogen-bond acceptors (Lipinski definition) is 3. The molecule has 0 spiro atoms. The molecule has 3 rings (SSSR count). The standard InChI is InChI=1S/C27H33NO2/c1-18-14-19(2)24(20(3)15-18)17-28-25(16-26(29)30-27(4,5)6)23-13-9-11-21-10-7-8-12-22(21)23/h7-15,25,28H,16-17H2,1-6H3/t25-/m1/s1. The summed E-state index contributed by atoms with van der Waals surface area (Å²) in [5, 5.41) is 6.00. The van der Waals surface area contributed by atoms with E-state index in [0.29, 0.717) is 6.54 Å².